The minimum atomic E-state index is -0.0983. The third-order valence-corrected chi connectivity index (χ3v) is 10.5. The summed E-state index contributed by atoms with van der Waals surface area (Å²) in [5.74, 6) is 5.19. The lowest BCUT2D eigenvalue weighted by Crippen LogP contribution is -2.50. The average molecular weight is 423 g/mol. The van der Waals surface area contributed by atoms with Gasteiger partial charge in [-0.1, -0.05) is 32.4 Å². The van der Waals surface area contributed by atoms with Gasteiger partial charge in [0.05, 0.1) is 6.10 Å². The molecule has 170 valence electrons. The van der Waals surface area contributed by atoms with Crippen molar-refractivity contribution < 1.29 is 5.11 Å². The number of hydrogen-bond acceptors (Lipinski definition) is 3. The van der Waals surface area contributed by atoms with Crippen LogP contribution in [-0.2, 0) is 6.42 Å². The number of rotatable bonds is 4. The number of hydrogen-bond donors (Lipinski definition) is 1. The summed E-state index contributed by atoms with van der Waals surface area (Å²) < 4.78 is 0. The van der Waals surface area contributed by atoms with E-state index in [9.17, 15) is 5.11 Å². The minimum absolute atomic E-state index is 0.0983. The highest BCUT2D eigenvalue weighted by atomic mass is 16.3. The fraction of sp³-hybridized carbons (Fsp3) is 0.786. The van der Waals surface area contributed by atoms with E-state index in [2.05, 4.69) is 43.7 Å². The standard InChI is InChI=1S/C28H42N2O/c1-18(5-10-26-29-16-13-19(2)30-26)23-8-9-24-22-7-6-20-17-21(31)11-14-27(20,3)25(22)12-15-28(23,24)4/h6,13,16,18,21-25,31H,5,7-12,14-15,17H2,1-4H3/t18-,21+,22+,23-,24+,25+,27+,28-/m1/s1. The van der Waals surface area contributed by atoms with Gasteiger partial charge >= 0.3 is 0 Å². The topological polar surface area (TPSA) is 46.0 Å². The van der Waals surface area contributed by atoms with Crippen LogP contribution in [0.15, 0.2) is 23.9 Å². The molecule has 3 fully saturated rings. The lowest BCUT2D eigenvalue weighted by molar-refractivity contribution is -0.0571. The average Bonchev–Trinajstić information content (AvgIpc) is 3.10. The van der Waals surface area contributed by atoms with Gasteiger partial charge in [-0.25, -0.2) is 9.97 Å². The second kappa shape index (κ2) is 7.97. The van der Waals surface area contributed by atoms with Crippen molar-refractivity contribution >= 4 is 0 Å². The lowest BCUT2D eigenvalue weighted by atomic mass is 9.47. The number of nitrogens with zero attached hydrogens (tertiary/aromatic N) is 2. The summed E-state index contributed by atoms with van der Waals surface area (Å²) >= 11 is 0. The van der Waals surface area contributed by atoms with Crippen LogP contribution >= 0.6 is 0 Å². The summed E-state index contributed by atoms with van der Waals surface area (Å²) in [4.78, 5) is 9.15. The molecule has 0 unspecified atom stereocenters. The molecule has 0 aromatic carbocycles. The zero-order valence-corrected chi connectivity index (χ0v) is 20.1. The van der Waals surface area contributed by atoms with Gasteiger partial charge < -0.3 is 5.11 Å². The lowest BCUT2D eigenvalue weighted by Gasteiger charge is -2.58. The van der Waals surface area contributed by atoms with Crippen LogP contribution in [0.2, 0.25) is 0 Å². The molecule has 8 atom stereocenters. The van der Waals surface area contributed by atoms with E-state index in [-0.39, 0.29) is 6.10 Å². The van der Waals surface area contributed by atoms with Gasteiger partial charge in [-0.05, 0) is 111 Å². The third kappa shape index (κ3) is 3.59. The van der Waals surface area contributed by atoms with Crippen LogP contribution in [0.25, 0.3) is 0 Å². The SMILES string of the molecule is Cc1ccnc(CC[C@@H](C)[C@H]2CC[C@H]3[C@@H]4CC=C5C[C@@H](O)CC[C@]5(C)[C@H]4CC[C@]23C)n1. The first kappa shape index (κ1) is 21.6. The molecule has 1 N–H and O–H groups in total. The maximum atomic E-state index is 10.2. The zero-order chi connectivity index (χ0) is 21.8. The number of allylic oxidation sites excluding steroid dienone is 1. The largest absolute Gasteiger partial charge is 0.393 e. The number of aliphatic hydroxyl groups excluding tert-OH is 1. The van der Waals surface area contributed by atoms with Crippen LogP contribution in [0.1, 0.15) is 90.1 Å². The van der Waals surface area contributed by atoms with Gasteiger partial charge in [0.15, 0.2) is 0 Å². The van der Waals surface area contributed by atoms with Crippen molar-refractivity contribution in [1.29, 1.82) is 0 Å². The first-order valence-corrected chi connectivity index (χ1v) is 13.0. The summed E-state index contributed by atoms with van der Waals surface area (Å²) in [6.45, 7) is 9.76. The van der Waals surface area contributed by atoms with E-state index in [1.54, 1.807) is 5.57 Å². The Morgan fingerprint density at radius 3 is 2.77 bits per heavy atom. The molecule has 4 aliphatic carbocycles. The number of aryl methyl sites for hydroxylation is 2. The highest BCUT2D eigenvalue weighted by Gasteiger charge is 2.59. The van der Waals surface area contributed by atoms with Crippen molar-refractivity contribution in [2.75, 3.05) is 0 Å². The van der Waals surface area contributed by atoms with Gasteiger partial charge in [0.2, 0.25) is 0 Å². The maximum absolute atomic E-state index is 10.2. The maximum Gasteiger partial charge on any atom is 0.128 e. The van der Waals surface area contributed by atoms with Gasteiger partial charge in [-0.15, -0.1) is 0 Å². The molecule has 0 bridgehead atoms. The van der Waals surface area contributed by atoms with Crippen LogP contribution in [-0.4, -0.2) is 21.2 Å². The molecule has 3 nitrogen and oxygen atoms in total. The highest BCUT2D eigenvalue weighted by molar-refractivity contribution is 5.25. The zero-order valence-electron chi connectivity index (χ0n) is 20.1. The fourth-order valence-electron chi connectivity index (χ4n) is 8.80. The van der Waals surface area contributed by atoms with Crippen LogP contribution in [0.5, 0.6) is 0 Å². The van der Waals surface area contributed by atoms with Crippen LogP contribution in [0, 0.1) is 47.3 Å². The second-order valence-electron chi connectivity index (χ2n) is 12.0. The molecule has 1 heterocycles. The van der Waals surface area contributed by atoms with E-state index in [1.165, 1.54) is 44.9 Å². The predicted octanol–water partition coefficient (Wildman–Crippen LogP) is 6.29. The summed E-state index contributed by atoms with van der Waals surface area (Å²) in [5, 5.41) is 10.2. The molecular weight excluding hydrogens is 380 g/mol. The molecular formula is C28H42N2O. The van der Waals surface area contributed by atoms with Crippen molar-refractivity contribution in [3.63, 3.8) is 0 Å². The Hall–Kier alpha value is -1.22. The van der Waals surface area contributed by atoms with E-state index in [0.29, 0.717) is 10.8 Å². The molecule has 0 spiro atoms. The molecule has 1 aromatic heterocycles. The molecule has 5 rings (SSSR count). The van der Waals surface area contributed by atoms with Crippen molar-refractivity contribution in [2.45, 2.75) is 98.0 Å². The van der Waals surface area contributed by atoms with Gasteiger partial charge in [-0.3, -0.25) is 0 Å². The Morgan fingerprint density at radius 1 is 1.13 bits per heavy atom. The van der Waals surface area contributed by atoms with E-state index >= 15 is 0 Å². The second-order valence-corrected chi connectivity index (χ2v) is 12.0. The van der Waals surface area contributed by atoms with E-state index in [1.807, 2.05) is 12.3 Å². The van der Waals surface area contributed by atoms with Crippen LogP contribution < -0.4 is 0 Å². The summed E-state index contributed by atoms with van der Waals surface area (Å²) in [5.41, 5.74) is 3.54. The van der Waals surface area contributed by atoms with Crippen LogP contribution in [0.4, 0.5) is 0 Å². The predicted molar refractivity (Wildman–Crippen MR) is 125 cm³/mol. The molecule has 3 heteroatoms. The molecule has 0 amide bonds. The molecule has 1 aromatic rings. The van der Waals surface area contributed by atoms with Crippen molar-refractivity contribution in [3.8, 4) is 0 Å². The summed E-state index contributed by atoms with van der Waals surface area (Å²) in [6, 6.07) is 1.99. The smallest absolute Gasteiger partial charge is 0.128 e. The van der Waals surface area contributed by atoms with Crippen molar-refractivity contribution in [2.24, 2.45) is 40.4 Å². The summed E-state index contributed by atoms with van der Waals surface area (Å²) in [6.07, 6.45) is 16.6. The Kier molecular flexibility index (Phi) is 5.56. The molecule has 0 aliphatic heterocycles. The molecule has 31 heavy (non-hydrogen) atoms. The van der Waals surface area contributed by atoms with E-state index in [4.69, 9.17) is 0 Å². The first-order chi connectivity index (χ1) is 14.8. The van der Waals surface area contributed by atoms with Gasteiger partial charge in [0.25, 0.3) is 0 Å². The van der Waals surface area contributed by atoms with E-state index in [0.717, 1.165) is 60.4 Å². The minimum Gasteiger partial charge on any atom is -0.393 e. The monoisotopic (exact) mass is 422 g/mol. The normalized spacial score (nSPS) is 42.9. The number of fused-ring (bicyclic) bond motifs is 5. The Morgan fingerprint density at radius 2 is 1.97 bits per heavy atom. The van der Waals surface area contributed by atoms with Gasteiger partial charge in [0.1, 0.15) is 5.82 Å². The molecule has 3 saturated carbocycles. The first-order valence-electron chi connectivity index (χ1n) is 13.0. The van der Waals surface area contributed by atoms with Crippen molar-refractivity contribution in [3.05, 3.63) is 35.4 Å². The molecule has 0 radical (unpaired) electrons. The Balaban J connectivity index is 1.31. The highest BCUT2D eigenvalue weighted by Crippen LogP contribution is 2.67. The fourth-order valence-corrected chi connectivity index (χ4v) is 8.80. The molecule has 0 saturated heterocycles. The number of aliphatic hydroxyl groups is 1. The summed E-state index contributed by atoms with van der Waals surface area (Å²) in [7, 11) is 0. The van der Waals surface area contributed by atoms with Gasteiger partial charge in [-0.2, -0.15) is 0 Å². The van der Waals surface area contributed by atoms with Crippen LogP contribution in [0.3, 0.4) is 0 Å². The Labute approximate surface area is 189 Å². The van der Waals surface area contributed by atoms with Crippen molar-refractivity contribution in [1.82, 2.24) is 9.97 Å². The Bertz CT molecular complexity index is 849. The quantitative estimate of drug-likeness (QED) is 0.580. The van der Waals surface area contributed by atoms with E-state index < -0.39 is 0 Å². The molecule has 4 aliphatic rings. The number of aromatic nitrogens is 2. The third-order valence-electron chi connectivity index (χ3n) is 10.5. The van der Waals surface area contributed by atoms with Gasteiger partial charge in [0, 0.05) is 18.3 Å².